The first-order valence-electron chi connectivity index (χ1n) is 9.06. The second-order valence-electron chi connectivity index (χ2n) is 6.41. The molecule has 0 aliphatic carbocycles. The molecule has 5 nitrogen and oxygen atoms in total. The zero-order valence-corrected chi connectivity index (χ0v) is 15.1. The van der Waals surface area contributed by atoms with Crippen LogP contribution in [0.25, 0.3) is 6.08 Å². The maximum atomic E-state index is 11.3. The maximum Gasteiger partial charge on any atom is 0.330 e. The van der Waals surface area contributed by atoms with E-state index in [1.165, 1.54) is 11.6 Å². The molecule has 1 aliphatic rings. The molecule has 0 radical (unpaired) electrons. The van der Waals surface area contributed by atoms with Gasteiger partial charge in [0.25, 0.3) is 0 Å². The predicted octanol–water partition coefficient (Wildman–Crippen LogP) is 3.34. The van der Waals surface area contributed by atoms with Crippen molar-refractivity contribution in [1.82, 2.24) is 9.88 Å². The van der Waals surface area contributed by atoms with Crippen LogP contribution < -0.4 is 5.32 Å². The van der Waals surface area contributed by atoms with E-state index in [1.807, 2.05) is 12.1 Å². The molecule has 1 aromatic carbocycles. The summed E-state index contributed by atoms with van der Waals surface area (Å²) in [6.45, 7) is 5.27. The second kappa shape index (κ2) is 9.15. The summed E-state index contributed by atoms with van der Waals surface area (Å²) in [6, 6.07) is 14.9. The summed E-state index contributed by atoms with van der Waals surface area (Å²) < 4.78 is 4.87. The predicted molar refractivity (Wildman–Crippen MR) is 104 cm³/mol. The average Bonchev–Trinajstić information content (AvgIpc) is 3.09. The number of nitrogens with zero attached hydrogens (tertiary/aromatic N) is 2. The van der Waals surface area contributed by atoms with Crippen LogP contribution in [-0.2, 0) is 16.1 Å². The Morgan fingerprint density at radius 2 is 2.15 bits per heavy atom. The highest BCUT2D eigenvalue weighted by Crippen LogP contribution is 2.17. The van der Waals surface area contributed by atoms with Crippen LogP contribution in [-0.4, -0.2) is 41.6 Å². The summed E-state index contributed by atoms with van der Waals surface area (Å²) in [6.07, 6.45) is 6.01. The monoisotopic (exact) mass is 351 g/mol. The fourth-order valence-electron chi connectivity index (χ4n) is 3.09. The first-order valence-corrected chi connectivity index (χ1v) is 9.06. The van der Waals surface area contributed by atoms with Crippen molar-refractivity contribution in [2.24, 2.45) is 0 Å². The number of hydrogen-bond donors (Lipinski definition) is 1. The van der Waals surface area contributed by atoms with Gasteiger partial charge in [0, 0.05) is 37.9 Å². The van der Waals surface area contributed by atoms with Crippen LogP contribution in [0.3, 0.4) is 0 Å². The summed E-state index contributed by atoms with van der Waals surface area (Å²) in [5.41, 5.74) is 2.23. The van der Waals surface area contributed by atoms with Gasteiger partial charge in [-0.3, -0.25) is 4.90 Å². The highest BCUT2D eigenvalue weighted by atomic mass is 16.5. The summed E-state index contributed by atoms with van der Waals surface area (Å²) in [5.74, 6) is 0.531. The van der Waals surface area contributed by atoms with Crippen molar-refractivity contribution in [2.45, 2.75) is 25.9 Å². The molecule has 3 rings (SSSR count). The molecule has 1 fully saturated rings. The highest BCUT2D eigenvalue weighted by Gasteiger charge is 2.22. The van der Waals surface area contributed by atoms with Crippen molar-refractivity contribution in [3.05, 3.63) is 65.9 Å². The van der Waals surface area contributed by atoms with E-state index in [-0.39, 0.29) is 5.97 Å². The molecular formula is C21H25N3O2. The number of hydrogen-bond acceptors (Lipinski definition) is 5. The number of aromatic nitrogens is 1. The Balaban J connectivity index is 1.48. The zero-order valence-electron chi connectivity index (χ0n) is 15.1. The molecule has 5 heteroatoms. The fraction of sp³-hybridized carbons (Fsp3) is 0.333. The van der Waals surface area contributed by atoms with E-state index in [2.05, 4.69) is 45.5 Å². The molecule has 2 aromatic rings. The minimum absolute atomic E-state index is 0.334. The summed E-state index contributed by atoms with van der Waals surface area (Å²) in [4.78, 5) is 18.2. The molecule has 0 spiro atoms. The van der Waals surface area contributed by atoms with Gasteiger partial charge < -0.3 is 10.1 Å². The third-order valence-corrected chi connectivity index (χ3v) is 4.36. The van der Waals surface area contributed by atoms with Gasteiger partial charge in [0.1, 0.15) is 5.82 Å². The summed E-state index contributed by atoms with van der Waals surface area (Å²) in [5, 5.41) is 3.50. The first-order chi connectivity index (χ1) is 12.7. The van der Waals surface area contributed by atoms with E-state index in [1.54, 1.807) is 19.2 Å². The van der Waals surface area contributed by atoms with Crippen molar-refractivity contribution in [3.8, 4) is 0 Å². The quantitative estimate of drug-likeness (QED) is 0.612. The number of rotatable bonds is 7. The molecule has 26 heavy (non-hydrogen) atoms. The fourth-order valence-corrected chi connectivity index (χ4v) is 3.09. The standard InChI is InChI=1S/C21H25N3O2/c1-2-26-21(25)11-9-17-8-10-20(22-14-17)23-19-12-13-24(16-19)15-18-6-4-3-5-7-18/h3-11,14,19H,2,12-13,15-16H2,1H3,(H,22,23)/t19-/m1/s1. The Hall–Kier alpha value is -2.66. The lowest BCUT2D eigenvalue weighted by atomic mass is 10.2. The third-order valence-electron chi connectivity index (χ3n) is 4.36. The van der Waals surface area contributed by atoms with Gasteiger partial charge in [0.15, 0.2) is 0 Å². The molecule has 1 atom stereocenters. The van der Waals surface area contributed by atoms with Crippen LogP contribution in [0.5, 0.6) is 0 Å². The van der Waals surface area contributed by atoms with Crippen LogP contribution in [0.4, 0.5) is 5.82 Å². The van der Waals surface area contributed by atoms with Gasteiger partial charge in [0.05, 0.1) is 6.61 Å². The highest BCUT2D eigenvalue weighted by molar-refractivity contribution is 5.86. The van der Waals surface area contributed by atoms with E-state index >= 15 is 0 Å². The zero-order chi connectivity index (χ0) is 18.2. The number of pyridine rings is 1. The number of esters is 1. The Bertz CT molecular complexity index is 729. The first kappa shape index (κ1) is 18.1. The van der Waals surface area contributed by atoms with E-state index in [0.717, 1.165) is 37.4 Å². The lowest BCUT2D eigenvalue weighted by molar-refractivity contribution is -0.137. The van der Waals surface area contributed by atoms with Crippen molar-refractivity contribution >= 4 is 17.9 Å². The number of nitrogens with one attached hydrogen (secondary N) is 1. The number of benzene rings is 1. The molecule has 1 saturated heterocycles. The topological polar surface area (TPSA) is 54.5 Å². The van der Waals surface area contributed by atoms with Crippen LogP contribution >= 0.6 is 0 Å². The molecule has 1 aromatic heterocycles. The molecule has 0 saturated carbocycles. The van der Waals surface area contributed by atoms with Crippen molar-refractivity contribution < 1.29 is 9.53 Å². The molecule has 0 bridgehead atoms. The third kappa shape index (κ3) is 5.43. The molecule has 1 aliphatic heterocycles. The van der Waals surface area contributed by atoms with Gasteiger partial charge in [-0.1, -0.05) is 30.3 Å². The van der Waals surface area contributed by atoms with Gasteiger partial charge in [-0.05, 0) is 42.7 Å². The minimum Gasteiger partial charge on any atom is -0.463 e. The van der Waals surface area contributed by atoms with Gasteiger partial charge in [-0.2, -0.15) is 0 Å². The van der Waals surface area contributed by atoms with E-state index in [9.17, 15) is 4.79 Å². The van der Waals surface area contributed by atoms with Gasteiger partial charge >= 0.3 is 5.97 Å². The van der Waals surface area contributed by atoms with E-state index in [4.69, 9.17) is 4.74 Å². The van der Waals surface area contributed by atoms with Crippen LogP contribution in [0.1, 0.15) is 24.5 Å². The molecule has 0 amide bonds. The van der Waals surface area contributed by atoms with Crippen molar-refractivity contribution in [2.75, 3.05) is 25.0 Å². The minimum atomic E-state index is -0.334. The number of carbonyl (C=O) groups excluding carboxylic acids is 1. The smallest absolute Gasteiger partial charge is 0.330 e. The van der Waals surface area contributed by atoms with Gasteiger partial charge in [0.2, 0.25) is 0 Å². The molecule has 136 valence electrons. The van der Waals surface area contributed by atoms with Crippen molar-refractivity contribution in [1.29, 1.82) is 0 Å². The Morgan fingerprint density at radius 1 is 1.31 bits per heavy atom. The largest absolute Gasteiger partial charge is 0.463 e. The Kier molecular flexibility index (Phi) is 6.39. The van der Waals surface area contributed by atoms with E-state index in [0.29, 0.717) is 12.6 Å². The van der Waals surface area contributed by atoms with Crippen LogP contribution in [0, 0.1) is 0 Å². The Morgan fingerprint density at radius 3 is 2.88 bits per heavy atom. The summed E-state index contributed by atoms with van der Waals surface area (Å²) in [7, 11) is 0. The molecule has 2 heterocycles. The van der Waals surface area contributed by atoms with Crippen LogP contribution in [0.2, 0.25) is 0 Å². The normalized spacial score (nSPS) is 17.5. The SMILES string of the molecule is CCOC(=O)C=Cc1ccc(N[C@@H]2CCN(Cc3ccccc3)C2)nc1. The Labute approximate surface area is 154 Å². The molecule has 0 unspecified atom stereocenters. The van der Waals surface area contributed by atoms with Crippen molar-refractivity contribution in [3.63, 3.8) is 0 Å². The number of carbonyl (C=O) groups is 1. The molecular weight excluding hydrogens is 326 g/mol. The lowest BCUT2D eigenvalue weighted by Crippen LogP contribution is -2.26. The van der Waals surface area contributed by atoms with Gasteiger partial charge in [-0.15, -0.1) is 0 Å². The van der Waals surface area contributed by atoms with Gasteiger partial charge in [-0.25, -0.2) is 9.78 Å². The maximum absolute atomic E-state index is 11.3. The molecule has 1 N–H and O–H groups in total. The summed E-state index contributed by atoms with van der Waals surface area (Å²) >= 11 is 0. The number of ether oxygens (including phenoxy) is 1. The second-order valence-corrected chi connectivity index (χ2v) is 6.41. The number of anilines is 1. The average molecular weight is 351 g/mol. The lowest BCUT2D eigenvalue weighted by Gasteiger charge is -2.17. The number of likely N-dealkylation sites (tertiary alicyclic amines) is 1. The van der Waals surface area contributed by atoms with E-state index < -0.39 is 0 Å². The van der Waals surface area contributed by atoms with Crippen LogP contribution in [0.15, 0.2) is 54.7 Å².